The molecule has 0 aliphatic carbocycles. The maximum absolute atomic E-state index is 10.8. The van der Waals surface area contributed by atoms with Crippen LogP contribution >= 0.6 is 23.2 Å². The van der Waals surface area contributed by atoms with Gasteiger partial charge in [-0.1, -0.05) is 30.1 Å². The molecule has 0 saturated carbocycles. The first-order valence-corrected chi connectivity index (χ1v) is 5.65. The first-order chi connectivity index (χ1) is 7.95. The second kappa shape index (κ2) is 6.05. The Hall–Kier alpha value is -1.04. The van der Waals surface area contributed by atoms with Gasteiger partial charge in [-0.15, -0.1) is 0 Å². The lowest BCUT2D eigenvalue weighted by molar-refractivity contribution is -0.385. The van der Waals surface area contributed by atoms with E-state index in [1.807, 2.05) is 0 Å². The van der Waals surface area contributed by atoms with E-state index in [-0.39, 0.29) is 28.1 Å². The van der Waals surface area contributed by atoms with Crippen molar-refractivity contribution in [3.8, 4) is 5.75 Å². The number of aliphatic hydroxyl groups excluding tert-OH is 1. The average Bonchev–Trinajstić information content (AvgIpc) is 2.29. The van der Waals surface area contributed by atoms with Gasteiger partial charge in [0.15, 0.2) is 5.75 Å². The number of ether oxygens (including phenoxy) is 1. The third-order valence-corrected chi connectivity index (χ3v) is 2.82. The standard InChI is InChI=1S/C10H11Cl2NO4/c1-2-6(14)5-17-10-4-8(12)7(11)3-9(10)13(15)16/h3-4,6,14H,2,5H2,1H3. The molecule has 0 fully saturated rings. The summed E-state index contributed by atoms with van der Waals surface area (Å²) in [6, 6.07) is 2.39. The molecule has 0 spiro atoms. The molecule has 94 valence electrons. The molecule has 1 aromatic rings. The van der Waals surface area contributed by atoms with Crippen molar-refractivity contribution in [3.63, 3.8) is 0 Å². The van der Waals surface area contributed by atoms with Gasteiger partial charge in [-0.25, -0.2) is 0 Å². The second-order valence-electron chi connectivity index (χ2n) is 3.36. The van der Waals surface area contributed by atoms with Crippen LogP contribution in [-0.2, 0) is 0 Å². The number of hydrogen-bond acceptors (Lipinski definition) is 4. The topological polar surface area (TPSA) is 72.6 Å². The molecule has 1 atom stereocenters. The lowest BCUT2D eigenvalue weighted by atomic mass is 10.3. The van der Waals surface area contributed by atoms with E-state index in [1.54, 1.807) is 6.92 Å². The van der Waals surface area contributed by atoms with Gasteiger partial charge in [-0.2, -0.15) is 0 Å². The number of benzene rings is 1. The molecule has 0 aromatic heterocycles. The van der Waals surface area contributed by atoms with E-state index in [0.29, 0.717) is 6.42 Å². The Bertz CT molecular complexity index is 425. The normalized spacial score (nSPS) is 12.2. The lowest BCUT2D eigenvalue weighted by Crippen LogP contribution is -2.16. The van der Waals surface area contributed by atoms with Gasteiger partial charge in [0.25, 0.3) is 0 Å². The van der Waals surface area contributed by atoms with Crippen LogP contribution < -0.4 is 4.74 Å². The van der Waals surface area contributed by atoms with E-state index < -0.39 is 11.0 Å². The van der Waals surface area contributed by atoms with Crippen LogP contribution in [0.25, 0.3) is 0 Å². The van der Waals surface area contributed by atoms with Crippen molar-refractivity contribution in [3.05, 3.63) is 32.3 Å². The Morgan fingerprint density at radius 2 is 2.06 bits per heavy atom. The summed E-state index contributed by atoms with van der Waals surface area (Å²) >= 11 is 11.4. The molecular formula is C10H11Cl2NO4. The fourth-order valence-electron chi connectivity index (χ4n) is 1.08. The van der Waals surface area contributed by atoms with Crippen molar-refractivity contribution >= 4 is 28.9 Å². The first kappa shape index (κ1) is 14.0. The molecular weight excluding hydrogens is 269 g/mol. The summed E-state index contributed by atoms with van der Waals surface area (Å²) in [6.07, 6.45) is -0.182. The summed E-state index contributed by atoms with van der Waals surface area (Å²) in [5.74, 6) is -0.00287. The van der Waals surface area contributed by atoms with Crippen LogP contribution in [0.4, 0.5) is 5.69 Å². The largest absolute Gasteiger partial charge is 0.484 e. The molecule has 5 nitrogen and oxygen atoms in total. The summed E-state index contributed by atoms with van der Waals surface area (Å²) in [6.45, 7) is 1.74. The molecule has 0 aliphatic heterocycles. The summed E-state index contributed by atoms with van der Waals surface area (Å²) in [4.78, 5) is 10.1. The zero-order chi connectivity index (χ0) is 13.0. The van der Waals surface area contributed by atoms with E-state index in [1.165, 1.54) is 6.07 Å². The van der Waals surface area contributed by atoms with E-state index in [4.69, 9.17) is 27.9 Å². The molecule has 1 rings (SSSR count). The Labute approximate surface area is 108 Å². The Morgan fingerprint density at radius 3 is 2.59 bits per heavy atom. The van der Waals surface area contributed by atoms with Gasteiger partial charge in [0.05, 0.1) is 21.1 Å². The number of nitrogens with zero attached hydrogens (tertiary/aromatic N) is 1. The van der Waals surface area contributed by atoms with Gasteiger partial charge in [0, 0.05) is 12.1 Å². The Kier molecular flexibility index (Phi) is 4.99. The molecule has 0 aliphatic rings. The molecule has 0 amide bonds. The number of rotatable bonds is 5. The van der Waals surface area contributed by atoms with Crippen LogP contribution in [0.2, 0.25) is 10.0 Å². The predicted octanol–water partition coefficient (Wildman–Crippen LogP) is 3.05. The SMILES string of the molecule is CCC(O)COc1cc(Cl)c(Cl)cc1[N+](=O)[O-]. The van der Waals surface area contributed by atoms with Crippen molar-refractivity contribution in [2.75, 3.05) is 6.61 Å². The third kappa shape index (κ3) is 3.73. The minimum absolute atomic E-state index is 0.00287. The van der Waals surface area contributed by atoms with Crippen molar-refractivity contribution in [1.82, 2.24) is 0 Å². The molecule has 0 bridgehead atoms. The highest BCUT2D eigenvalue weighted by atomic mass is 35.5. The van der Waals surface area contributed by atoms with Crippen LogP contribution in [0.5, 0.6) is 5.75 Å². The highest BCUT2D eigenvalue weighted by Gasteiger charge is 2.19. The molecule has 17 heavy (non-hydrogen) atoms. The van der Waals surface area contributed by atoms with Crippen LogP contribution in [0.3, 0.4) is 0 Å². The minimum Gasteiger partial charge on any atom is -0.484 e. The van der Waals surface area contributed by atoms with Crippen molar-refractivity contribution in [2.45, 2.75) is 19.4 Å². The van der Waals surface area contributed by atoms with E-state index in [2.05, 4.69) is 0 Å². The highest BCUT2D eigenvalue weighted by Crippen LogP contribution is 2.35. The van der Waals surface area contributed by atoms with E-state index in [0.717, 1.165) is 6.07 Å². The fourth-order valence-corrected chi connectivity index (χ4v) is 1.39. The third-order valence-electron chi connectivity index (χ3n) is 2.10. The predicted molar refractivity (Wildman–Crippen MR) is 64.9 cm³/mol. The van der Waals surface area contributed by atoms with E-state index >= 15 is 0 Å². The number of aliphatic hydroxyl groups is 1. The molecule has 1 N–H and O–H groups in total. The maximum atomic E-state index is 10.8. The quantitative estimate of drug-likeness (QED) is 0.664. The average molecular weight is 280 g/mol. The van der Waals surface area contributed by atoms with Crippen molar-refractivity contribution in [2.24, 2.45) is 0 Å². The van der Waals surface area contributed by atoms with Gasteiger partial charge in [-0.05, 0) is 6.42 Å². The van der Waals surface area contributed by atoms with Gasteiger partial charge in [0.2, 0.25) is 0 Å². The van der Waals surface area contributed by atoms with E-state index in [9.17, 15) is 15.2 Å². The van der Waals surface area contributed by atoms with Crippen LogP contribution in [-0.4, -0.2) is 22.7 Å². The smallest absolute Gasteiger partial charge is 0.312 e. The van der Waals surface area contributed by atoms with Crippen molar-refractivity contribution < 1.29 is 14.8 Å². The van der Waals surface area contributed by atoms with Crippen LogP contribution in [0.1, 0.15) is 13.3 Å². The number of nitro groups is 1. The minimum atomic E-state index is -0.677. The molecule has 1 unspecified atom stereocenters. The molecule has 1 aromatic carbocycles. The zero-order valence-electron chi connectivity index (χ0n) is 9.02. The van der Waals surface area contributed by atoms with Gasteiger partial charge >= 0.3 is 5.69 Å². The molecule has 0 heterocycles. The molecule has 7 heteroatoms. The summed E-state index contributed by atoms with van der Waals surface area (Å²) in [5, 5.41) is 20.3. The molecule has 0 saturated heterocycles. The zero-order valence-corrected chi connectivity index (χ0v) is 10.5. The Balaban J connectivity index is 2.96. The summed E-state index contributed by atoms with van der Waals surface area (Å²) in [5.41, 5.74) is -0.275. The summed E-state index contributed by atoms with van der Waals surface area (Å²) < 4.78 is 5.15. The van der Waals surface area contributed by atoms with Crippen LogP contribution in [0, 0.1) is 10.1 Å². The monoisotopic (exact) mass is 279 g/mol. The summed E-state index contributed by atoms with van der Waals surface area (Å²) in [7, 11) is 0. The second-order valence-corrected chi connectivity index (χ2v) is 4.18. The Morgan fingerprint density at radius 1 is 1.47 bits per heavy atom. The number of halogens is 2. The van der Waals surface area contributed by atoms with Gasteiger partial charge in [-0.3, -0.25) is 10.1 Å². The van der Waals surface area contributed by atoms with Crippen LogP contribution in [0.15, 0.2) is 12.1 Å². The molecule has 0 radical (unpaired) electrons. The first-order valence-electron chi connectivity index (χ1n) is 4.90. The fraction of sp³-hybridized carbons (Fsp3) is 0.400. The van der Waals surface area contributed by atoms with Gasteiger partial charge in [0.1, 0.15) is 6.61 Å². The lowest BCUT2D eigenvalue weighted by Gasteiger charge is -2.11. The van der Waals surface area contributed by atoms with Gasteiger partial charge < -0.3 is 9.84 Å². The number of hydrogen-bond donors (Lipinski definition) is 1. The highest BCUT2D eigenvalue weighted by molar-refractivity contribution is 6.42. The van der Waals surface area contributed by atoms with Crippen molar-refractivity contribution in [1.29, 1.82) is 0 Å². The maximum Gasteiger partial charge on any atom is 0.312 e. The number of nitro benzene ring substituents is 1.